The van der Waals surface area contributed by atoms with E-state index in [2.05, 4.69) is 91.7 Å². The minimum absolute atomic E-state index is 0.224. The highest BCUT2D eigenvalue weighted by molar-refractivity contribution is 5.96. The molecule has 0 saturated carbocycles. The lowest BCUT2D eigenvalue weighted by molar-refractivity contribution is 0.766. The van der Waals surface area contributed by atoms with E-state index >= 15 is 0 Å². The average molecular weight is 330 g/mol. The first-order chi connectivity index (χ1) is 12.8. The van der Waals surface area contributed by atoms with Crippen molar-refractivity contribution in [1.82, 2.24) is 0 Å². The van der Waals surface area contributed by atoms with Crippen molar-refractivity contribution in [3.8, 4) is 23.5 Å². The quantitative estimate of drug-likeness (QED) is 0.482. The van der Waals surface area contributed by atoms with Crippen LogP contribution < -0.4 is 0 Å². The van der Waals surface area contributed by atoms with Gasteiger partial charge in [-0.2, -0.15) is 0 Å². The number of allylic oxidation sites excluding steroid dienone is 4. The van der Waals surface area contributed by atoms with E-state index in [4.69, 9.17) is 6.42 Å². The van der Waals surface area contributed by atoms with Crippen molar-refractivity contribution < 1.29 is 0 Å². The van der Waals surface area contributed by atoms with E-state index in [1.54, 1.807) is 6.08 Å². The van der Waals surface area contributed by atoms with Crippen molar-refractivity contribution in [1.29, 1.82) is 0 Å². The smallest absolute Gasteiger partial charge is 0.0685 e. The van der Waals surface area contributed by atoms with Gasteiger partial charge in [-0.15, -0.1) is 6.42 Å². The second-order valence-corrected chi connectivity index (χ2v) is 6.93. The summed E-state index contributed by atoms with van der Waals surface area (Å²) < 4.78 is 0. The van der Waals surface area contributed by atoms with Gasteiger partial charge in [0, 0.05) is 0 Å². The minimum atomic E-state index is -0.224. The zero-order valence-electron chi connectivity index (χ0n) is 14.7. The Kier molecular flexibility index (Phi) is 3.08. The summed E-state index contributed by atoms with van der Waals surface area (Å²) in [5.74, 6) is 2.65. The van der Waals surface area contributed by atoms with Crippen LogP contribution in [-0.4, -0.2) is 0 Å². The maximum atomic E-state index is 5.51. The molecular weight excluding hydrogens is 312 g/mol. The molecule has 2 aliphatic carbocycles. The molecule has 0 amide bonds. The van der Waals surface area contributed by atoms with Crippen molar-refractivity contribution in [2.24, 2.45) is 0 Å². The summed E-state index contributed by atoms with van der Waals surface area (Å²) in [7, 11) is 0. The van der Waals surface area contributed by atoms with Crippen molar-refractivity contribution in [3.05, 3.63) is 113 Å². The molecule has 0 radical (unpaired) electrons. The van der Waals surface area contributed by atoms with Gasteiger partial charge in [-0.1, -0.05) is 78.7 Å². The van der Waals surface area contributed by atoms with E-state index in [9.17, 15) is 0 Å². The molecule has 122 valence electrons. The first-order valence-corrected chi connectivity index (χ1v) is 8.93. The number of rotatable bonds is 1. The van der Waals surface area contributed by atoms with E-state index in [1.165, 1.54) is 44.5 Å². The monoisotopic (exact) mass is 330 g/mol. The molecule has 1 spiro atoms. The summed E-state index contributed by atoms with van der Waals surface area (Å²) in [4.78, 5) is 0. The van der Waals surface area contributed by atoms with Crippen LogP contribution in [0, 0.1) is 12.3 Å². The predicted octanol–water partition coefficient (Wildman–Crippen LogP) is 5.98. The molecule has 0 heteroatoms. The molecule has 3 aromatic carbocycles. The van der Waals surface area contributed by atoms with Crippen molar-refractivity contribution in [2.45, 2.75) is 12.3 Å². The molecule has 0 aliphatic heterocycles. The summed E-state index contributed by atoms with van der Waals surface area (Å²) in [6, 6.07) is 26.4. The van der Waals surface area contributed by atoms with Crippen molar-refractivity contribution in [2.75, 3.05) is 0 Å². The third kappa shape index (κ3) is 1.65. The highest BCUT2D eigenvalue weighted by atomic mass is 14.5. The van der Waals surface area contributed by atoms with Crippen LogP contribution in [0.1, 0.15) is 29.2 Å². The van der Waals surface area contributed by atoms with Crippen LogP contribution in [0.5, 0.6) is 0 Å². The molecule has 0 unspecified atom stereocenters. The lowest BCUT2D eigenvalue weighted by Gasteiger charge is -2.31. The predicted molar refractivity (Wildman–Crippen MR) is 109 cm³/mol. The van der Waals surface area contributed by atoms with Crippen LogP contribution in [0.3, 0.4) is 0 Å². The normalized spacial score (nSPS) is 15.8. The zero-order chi connectivity index (χ0) is 17.7. The fourth-order valence-electron chi connectivity index (χ4n) is 4.93. The van der Waals surface area contributed by atoms with Crippen LogP contribution in [0.2, 0.25) is 0 Å². The van der Waals surface area contributed by atoms with Crippen LogP contribution in [0.25, 0.3) is 16.7 Å². The van der Waals surface area contributed by atoms with Gasteiger partial charge < -0.3 is 0 Å². The molecular formula is C26H18. The first kappa shape index (κ1) is 15.0. The molecule has 3 aromatic rings. The Labute approximate surface area is 154 Å². The average Bonchev–Trinajstić information content (AvgIpc) is 3.13. The molecule has 0 atom stereocenters. The van der Waals surface area contributed by atoms with Gasteiger partial charge >= 0.3 is 0 Å². The Balaban J connectivity index is 1.97. The van der Waals surface area contributed by atoms with Crippen LogP contribution in [0.4, 0.5) is 0 Å². The van der Waals surface area contributed by atoms with E-state index in [0.29, 0.717) is 0 Å². The lowest BCUT2D eigenvalue weighted by atomic mass is 9.70. The van der Waals surface area contributed by atoms with Crippen LogP contribution in [0.15, 0.2) is 90.5 Å². The van der Waals surface area contributed by atoms with Gasteiger partial charge in [0.05, 0.1) is 5.41 Å². The maximum absolute atomic E-state index is 5.51. The number of terminal acetylenes is 1. The molecule has 5 rings (SSSR count). The Hall–Kier alpha value is -3.30. The van der Waals surface area contributed by atoms with Crippen LogP contribution in [-0.2, 0) is 5.41 Å². The third-order valence-corrected chi connectivity index (χ3v) is 5.89. The fourth-order valence-corrected chi connectivity index (χ4v) is 4.93. The highest BCUT2D eigenvalue weighted by Crippen LogP contribution is 2.61. The zero-order valence-corrected chi connectivity index (χ0v) is 14.7. The topological polar surface area (TPSA) is 0 Å². The second-order valence-electron chi connectivity index (χ2n) is 6.93. The molecule has 0 N–H and O–H groups in total. The Morgan fingerprint density at radius 2 is 1.19 bits per heavy atom. The highest BCUT2D eigenvalue weighted by Gasteiger charge is 2.50. The minimum Gasteiger partial charge on any atom is -0.115 e. The van der Waals surface area contributed by atoms with E-state index < -0.39 is 0 Å². The molecule has 2 aliphatic rings. The number of hydrogen-bond acceptors (Lipinski definition) is 0. The van der Waals surface area contributed by atoms with Gasteiger partial charge in [0.15, 0.2) is 0 Å². The Bertz CT molecular complexity index is 1100. The summed E-state index contributed by atoms with van der Waals surface area (Å²) in [5, 5.41) is 0. The fraction of sp³-hybridized carbons (Fsp3) is 0.0769. The second kappa shape index (κ2) is 5.35. The van der Waals surface area contributed by atoms with Gasteiger partial charge in [-0.3, -0.25) is 0 Å². The summed E-state index contributed by atoms with van der Waals surface area (Å²) in [6.07, 6.45) is 9.41. The van der Waals surface area contributed by atoms with Crippen LogP contribution >= 0.6 is 0 Å². The van der Waals surface area contributed by atoms with Gasteiger partial charge in [-0.05, 0) is 63.6 Å². The molecule has 0 aromatic heterocycles. The largest absolute Gasteiger partial charge is 0.115 e. The van der Waals surface area contributed by atoms with Crippen molar-refractivity contribution in [3.63, 3.8) is 0 Å². The molecule has 0 bridgehead atoms. The number of benzene rings is 3. The first-order valence-electron chi connectivity index (χ1n) is 8.93. The lowest BCUT2D eigenvalue weighted by Crippen LogP contribution is -2.26. The molecule has 26 heavy (non-hydrogen) atoms. The SMILES string of the molecule is C#C/C=C\C1=C(C)C2(c3ccccc31)c1ccccc1-c1ccccc12. The maximum Gasteiger partial charge on any atom is 0.0685 e. The summed E-state index contributed by atoms with van der Waals surface area (Å²) in [5.41, 5.74) is 10.4. The van der Waals surface area contributed by atoms with E-state index in [0.717, 1.165) is 0 Å². The molecule has 0 saturated heterocycles. The number of fused-ring (bicyclic) bond motifs is 7. The summed E-state index contributed by atoms with van der Waals surface area (Å²) in [6.45, 7) is 2.26. The van der Waals surface area contributed by atoms with Gasteiger partial charge in [-0.25, -0.2) is 0 Å². The van der Waals surface area contributed by atoms with Gasteiger partial charge in [0.1, 0.15) is 0 Å². The van der Waals surface area contributed by atoms with E-state index in [1.807, 2.05) is 0 Å². The molecule has 0 nitrogen and oxygen atoms in total. The molecule has 0 heterocycles. The standard InChI is InChI=1S/C26H18/c1-3-4-11-19-18(2)26(23-15-8-5-12-20(19)23)24-16-9-6-13-21(24)22-14-7-10-17-25(22)26/h1,4-17H,2H3/b11-4-. The Morgan fingerprint density at radius 3 is 1.73 bits per heavy atom. The summed E-state index contributed by atoms with van der Waals surface area (Å²) >= 11 is 0. The van der Waals surface area contributed by atoms with Gasteiger partial charge in [0.25, 0.3) is 0 Å². The number of hydrogen-bond donors (Lipinski definition) is 0. The van der Waals surface area contributed by atoms with Gasteiger partial charge in [0.2, 0.25) is 0 Å². The van der Waals surface area contributed by atoms with E-state index in [-0.39, 0.29) is 5.41 Å². The Morgan fingerprint density at radius 1 is 0.731 bits per heavy atom. The van der Waals surface area contributed by atoms with Crippen molar-refractivity contribution >= 4 is 5.57 Å². The molecule has 0 fully saturated rings. The third-order valence-electron chi connectivity index (χ3n) is 5.89.